The summed E-state index contributed by atoms with van der Waals surface area (Å²) in [5.74, 6) is 0. The molecule has 0 amide bonds. The Morgan fingerprint density at radius 3 is 2.61 bits per heavy atom. The molecule has 0 spiro atoms. The Labute approximate surface area is 108 Å². The number of hydrogen-bond donors (Lipinski definition) is 1. The van der Waals surface area contributed by atoms with Gasteiger partial charge in [-0.25, -0.2) is 0 Å². The van der Waals surface area contributed by atoms with Gasteiger partial charge in [0.05, 0.1) is 31.2 Å². The minimum Gasteiger partial charge on any atom is -0.382 e. The van der Waals surface area contributed by atoms with Crippen molar-refractivity contribution >= 4 is 0 Å². The van der Waals surface area contributed by atoms with Crippen LogP contribution in [0.3, 0.4) is 0 Å². The molecule has 0 bridgehead atoms. The molecule has 0 aromatic carbocycles. The van der Waals surface area contributed by atoms with Crippen LogP contribution >= 0.6 is 0 Å². The molecule has 0 radical (unpaired) electrons. The van der Waals surface area contributed by atoms with Crippen molar-refractivity contribution in [3.63, 3.8) is 0 Å². The van der Waals surface area contributed by atoms with Crippen LogP contribution in [0.25, 0.3) is 0 Å². The minimum absolute atomic E-state index is 0.460. The zero-order chi connectivity index (χ0) is 13.1. The number of rotatable bonds is 10. The van der Waals surface area contributed by atoms with Gasteiger partial charge in [0, 0.05) is 26.9 Å². The summed E-state index contributed by atoms with van der Waals surface area (Å²) in [4.78, 5) is 4.35. The lowest BCUT2D eigenvalue weighted by Gasteiger charge is -2.06. The van der Waals surface area contributed by atoms with Crippen LogP contribution in [0.2, 0.25) is 0 Å². The Morgan fingerprint density at radius 1 is 1.06 bits per heavy atom. The lowest BCUT2D eigenvalue weighted by molar-refractivity contribution is 0.0478. The highest BCUT2D eigenvalue weighted by atomic mass is 16.5. The lowest BCUT2D eigenvalue weighted by Crippen LogP contribution is -2.06. The van der Waals surface area contributed by atoms with Gasteiger partial charge in [-0.3, -0.25) is 4.98 Å². The fourth-order valence-electron chi connectivity index (χ4n) is 1.41. The van der Waals surface area contributed by atoms with Crippen molar-refractivity contribution < 1.29 is 14.2 Å². The molecular formula is C13H22N2O3. The van der Waals surface area contributed by atoms with Crippen molar-refractivity contribution in [3.05, 3.63) is 29.6 Å². The summed E-state index contributed by atoms with van der Waals surface area (Å²) in [6.45, 7) is 3.61. The van der Waals surface area contributed by atoms with Gasteiger partial charge in [0.15, 0.2) is 0 Å². The first kappa shape index (κ1) is 15.0. The molecule has 0 aliphatic carbocycles. The summed E-state index contributed by atoms with van der Waals surface area (Å²) in [5.41, 5.74) is 7.33. The minimum atomic E-state index is 0.460. The average molecular weight is 254 g/mol. The number of ether oxygens (including phenoxy) is 3. The van der Waals surface area contributed by atoms with Crippen LogP contribution in [0.5, 0.6) is 0 Å². The Morgan fingerprint density at radius 2 is 1.83 bits per heavy atom. The van der Waals surface area contributed by atoms with Gasteiger partial charge < -0.3 is 19.9 Å². The van der Waals surface area contributed by atoms with Gasteiger partial charge in [-0.05, 0) is 18.6 Å². The quantitative estimate of drug-likeness (QED) is 0.634. The first-order chi connectivity index (χ1) is 8.86. The van der Waals surface area contributed by atoms with E-state index in [1.54, 1.807) is 7.11 Å². The van der Waals surface area contributed by atoms with Crippen molar-refractivity contribution in [2.24, 2.45) is 5.73 Å². The summed E-state index contributed by atoms with van der Waals surface area (Å²) in [7, 11) is 1.66. The molecule has 0 saturated heterocycles. The first-order valence-electron chi connectivity index (χ1n) is 6.16. The van der Waals surface area contributed by atoms with Crippen LogP contribution < -0.4 is 5.73 Å². The molecule has 0 atom stereocenters. The second kappa shape index (κ2) is 9.96. The third-order valence-electron chi connectivity index (χ3n) is 2.33. The maximum Gasteiger partial charge on any atom is 0.0887 e. The second-order valence-electron chi connectivity index (χ2n) is 3.84. The molecule has 0 aliphatic heterocycles. The summed E-state index contributed by atoms with van der Waals surface area (Å²) < 4.78 is 15.7. The lowest BCUT2D eigenvalue weighted by atomic mass is 10.3. The second-order valence-corrected chi connectivity index (χ2v) is 3.84. The fraction of sp³-hybridized carbons (Fsp3) is 0.615. The SMILES string of the molecule is COCCOCCCOCc1cccc(CN)n1. The van der Waals surface area contributed by atoms with E-state index in [0.29, 0.717) is 39.6 Å². The molecule has 0 fully saturated rings. The topological polar surface area (TPSA) is 66.6 Å². The Kier molecular flexibility index (Phi) is 8.33. The van der Waals surface area contributed by atoms with Gasteiger partial charge in [-0.2, -0.15) is 0 Å². The highest BCUT2D eigenvalue weighted by Crippen LogP contribution is 2.01. The van der Waals surface area contributed by atoms with Crippen molar-refractivity contribution in [1.29, 1.82) is 0 Å². The molecule has 5 nitrogen and oxygen atoms in total. The first-order valence-corrected chi connectivity index (χ1v) is 6.16. The van der Waals surface area contributed by atoms with Crippen LogP contribution in [-0.4, -0.2) is 38.5 Å². The van der Waals surface area contributed by atoms with Gasteiger partial charge >= 0.3 is 0 Å². The monoisotopic (exact) mass is 254 g/mol. The van der Waals surface area contributed by atoms with E-state index in [-0.39, 0.29) is 0 Å². The van der Waals surface area contributed by atoms with E-state index in [4.69, 9.17) is 19.9 Å². The molecule has 1 aromatic rings. The zero-order valence-corrected chi connectivity index (χ0v) is 10.9. The maximum atomic E-state index is 5.52. The number of pyridine rings is 1. The maximum absolute atomic E-state index is 5.52. The van der Waals surface area contributed by atoms with Crippen molar-refractivity contribution in [2.45, 2.75) is 19.6 Å². The number of aromatic nitrogens is 1. The molecular weight excluding hydrogens is 232 g/mol. The predicted octanol–water partition coefficient (Wildman–Crippen LogP) is 1.11. The van der Waals surface area contributed by atoms with E-state index in [9.17, 15) is 0 Å². The van der Waals surface area contributed by atoms with Crippen LogP contribution in [0.15, 0.2) is 18.2 Å². The third-order valence-corrected chi connectivity index (χ3v) is 2.33. The number of hydrogen-bond acceptors (Lipinski definition) is 5. The molecule has 0 saturated carbocycles. The van der Waals surface area contributed by atoms with Crippen molar-refractivity contribution in [1.82, 2.24) is 4.98 Å². The van der Waals surface area contributed by atoms with Gasteiger partial charge in [-0.15, -0.1) is 0 Å². The average Bonchev–Trinajstić information content (AvgIpc) is 2.42. The number of nitrogens with two attached hydrogens (primary N) is 1. The number of methoxy groups -OCH3 is 1. The van der Waals surface area contributed by atoms with Gasteiger partial charge in [0.1, 0.15) is 0 Å². The van der Waals surface area contributed by atoms with Gasteiger partial charge in [-0.1, -0.05) is 6.07 Å². The molecule has 1 rings (SSSR count). The smallest absolute Gasteiger partial charge is 0.0887 e. The third kappa shape index (κ3) is 6.66. The summed E-state index contributed by atoms with van der Waals surface area (Å²) in [6, 6.07) is 5.79. The van der Waals surface area contributed by atoms with Crippen molar-refractivity contribution in [2.75, 3.05) is 33.5 Å². The predicted molar refractivity (Wildman–Crippen MR) is 69.1 cm³/mol. The Balaban J connectivity index is 2.03. The molecule has 0 aliphatic rings. The molecule has 1 aromatic heterocycles. The molecule has 5 heteroatoms. The molecule has 102 valence electrons. The zero-order valence-electron chi connectivity index (χ0n) is 10.9. The van der Waals surface area contributed by atoms with E-state index >= 15 is 0 Å². The largest absolute Gasteiger partial charge is 0.382 e. The Hall–Kier alpha value is -1.01. The molecule has 18 heavy (non-hydrogen) atoms. The highest BCUT2D eigenvalue weighted by molar-refractivity contribution is 5.10. The van der Waals surface area contributed by atoms with Gasteiger partial charge in [0.2, 0.25) is 0 Å². The standard InChI is InChI=1S/C13H22N2O3/c1-16-8-9-17-6-3-7-18-11-13-5-2-4-12(10-14)15-13/h2,4-5H,3,6-11,14H2,1H3. The van der Waals surface area contributed by atoms with Crippen LogP contribution in [-0.2, 0) is 27.4 Å². The molecule has 2 N–H and O–H groups in total. The molecule has 0 unspecified atom stereocenters. The Bertz CT molecular complexity index is 321. The molecule has 1 heterocycles. The summed E-state index contributed by atoms with van der Waals surface area (Å²) >= 11 is 0. The van der Waals surface area contributed by atoms with Crippen LogP contribution in [0.4, 0.5) is 0 Å². The fourth-order valence-corrected chi connectivity index (χ4v) is 1.41. The van der Waals surface area contributed by atoms with Crippen LogP contribution in [0.1, 0.15) is 17.8 Å². The van der Waals surface area contributed by atoms with E-state index in [2.05, 4.69) is 4.98 Å². The van der Waals surface area contributed by atoms with Gasteiger partial charge in [0.25, 0.3) is 0 Å². The number of nitrogens with zero attached hydrogens (tertiary/aromatic N) is 1. The van der Waals surface area contributed by atoms with Crippen molar-refractivity contribution in [3.8, 4) is 0 Å². The highest BCUT2D eigenvalue weighted by Gasteiger charge is 1.97. The van der Waals surface area contributed by atoms with E-state index in [1.165, 1.54) is 0 Å². The van der Waals surface area contributed by atoms with Crippen LogP contribution in [0, 0.1) is 0 Å². The summed E-state index contributed by atoms with van der Waals surface area (Å²) in [6.07, 6.45) is 0.875. The van der Waals surface area contributed by atoms with E-state index in [1.807, 2.05) is 18.2 Å². The normalized spacial score (nSPS) is 10.8. The van der Waals surface area contributed by atoms with E-state index < -0.39 is 0 Å². The summed E-state index contributed by atoms with van der Waals surface area (Å²) in [5, 5.41) is 0. The van der Waals surface area contributed by atoms with E-state index in [0.717, 1.165) is 17.8 Å².